The summed E-state index contributed by atoms with van der Waals surface area (Å²) in [6, 6.07) is 8.13. The second-order valence-electron chi connectivity index (χ2n) is 7.83. The Bertz CT molecular complexity index is 557. The third-order valence-corrected chi connectivity index (χ3v) is 5.64. The molecule has 0 unspecified atom stereocenters. The molecule has 5 heteroatoms. The van der Waals surface area contributed by atoms with Gasteiger partial charge in [-0.3, -0.25) is 0 Å². The molecule has 1 saturated carbocycles. The lowest BCUT2D eigenvalue weighted by molar-refractivity contribution is 0.182. The first kappa shape index (κ1) is 19.4. The molecule has 1 aliphatic carbocycles. The molecule has 4 nitrogen and oxygen atoms in total. The average Bonchev–Trinajstić information content (AvgIpc) is 3.14. The monoisotopic (exact) mass is 375 g/mol. The molecule has 0 radical (unpaired) electrons. The summed E-state index contributed by atoms with van der Waals surface area (Å²) in [5.74, 6) is 1.80. The van der Waals surface area contributed by atoms with Crippen LogP contribution in [0.2, 0.25) is 0 Å². The van der Waals surface area contributed by atoms with Gasteiger partial charge in [0.15, 0.2) is 5.11 Å². The van der Waals surface area contributed by atoms with Crippen molar-refractivity contribution in [3.8, 4) is 5.75 Å². The van der Waals surface area contributed by atoms with Crippen molar-refractivity contribution in [2.24, 2.45) is 5.92 Å². The Morgan fingerprint density at radius 1 is 1.15 bits per heavy atom. The van der Waals surface area contributed by atoms with Crippen molar-refractivity contribution in [2.45, 2.75) is 58.0 Å². The molecule has 2 fully saturated rings. The zero-order valence-electron chi connectivity index (χ0n) is 16.0. The van der Waals surface area contributed by atoms with E-state index in [4.69, 9.17) is 17.0 Å². The summed E-state index contributed by atoms with van der Waals surface area (Å²) in [5, 5.41) is 7.27. The summed E-state index contributed by atoms with van der Waals surface area (Å²) in [6.07, 6.45) is 9.21. The highest BCUT2D eigenvalue weighted by Crippen LogP contribution is 2.25. The SMILES string of the molecule is C[C@@H]1CCCN(CCCNC(=S)Nc2ccc(OC3CCCC3)cc2)C1. The number of nitrogens with zero attached hydrogens (tertiary/aromatic N) is 1. The van der Waals surface area contributed by atoms with Crippen molar-refractivity contribution in [3.63, 3.8) is 0 Å². The van der Waals surface area contributed by atoms with Crippen LogP contribution in [0, 0.1) is 5.92 Å². The van der Waals surface area contributed by atoms with E-state index >= 15 is 0 Å². The Morgan fingerprint density at radius 2 is 1.92 bits per heavy atom. The van der Waals surface area contributed by atoms with Gasteiger partial charge in [0.05, 0.1) is 6.10 Å². The van der Waals surface area contributed by atoms with Crippen LogP contribution in [-0.2, 0) is 0 Å². The highest BCUT2D eigenvalue weighted by Gasteiger charge is 2.16. The van der Waals surface area contributed by atoms with Crippen LogP contribution in [0.15, 0.2) is 24.3 Å². The molecule has 2 N–H and O–H groups in total. The fraction of sp³-hybridized carbons (Fsp3) is 0.667. The van der Waals surface area contributed by atoms with Crippen molar-refractivity contribution in [2.75, 3.05) is 31.5 Å². The van der Waals surface area contributed by atoms with Crippen LogP contribution in [-0.4, -0.2) is 42.3 Å². The molecular formula is C21H33N3OS. The molecule has 3 rings (SSSR count). The summed E-state index contributed by atoms with van der Waals surface area (Å²) < 4.78 is 6.00. The molecule has 1 saturated heterocycles. The van der Waals surface area contributed by atoms with Crippen LogP contribution < -0.4 is 15.4 Å². The zero-order valence-corrected chi connectivity index (χ0v) is 16.8. The van der Waals surface area contributed by atoms with Gasteiger partial charge in [0, 0.05) is 18.8 Å². The number of anilines is 1. The Balaban J connectivity index is 1.31. The van der Waals surface area contributed by atoms with Gasteiger partial charge < -0.3 is 20.3 Å². The van der Waals surface area contributed by atoms with E-state index in [0.717, 1.165) is 36.9 Å². The highest BCUT2D eigenvalue weighted by atomic mass is 32.1. The minimum atomic E-state index is 0.402. The summed E-state index contributed by atoms with van der Waals surface area (Å²) in [7, 11) is 0. The van der Waals surface area contributed by atoms with Gasteiger partial charge in [-0.1, -0.05) is 6.92 Å². The number of rotatable bonds is 7. The third-order valence-electron chi connectivity index (χ3n) is 5.39. The molecule has 1 atom stereocenters. The van der Waals surface area contributed by atoms with Crippen LogP contribution in [0.25, 0.3) is 0 Å². The maximum absolute atomic E-state index is 6.00. The molecule has 0 bridgehead atoms. The van der Waals surface area contributed by atoms with Crippen molar-refractivity contribution in [3.05, 3.63) is 24.3 Å². The van der Waals surface area contributed by atoms with Crippen LogP contribution in [0.1, 0.15) is 51.9 Å². The predicted octanol–water partition coefficient (Wildman–Crippen LogP) is 4.42. The van der Waals surface area contributed by atoms with Crippen LogP contribution in [0.5, 0.6) is 5.75 Å². The summed E-state index contributed by atoms with van der Waals surface area (Å²) in [4.78, 5) is 2.58. The highest BCUT2D eigenvalue weighted by molar-refractivity contribution is 7.80. The van der Waals surface area contributed by atoms with Gasteiger partial charge in [-0.2, -0.15) is 0 Å². The van der Waals surface area contributed by atoms with E-state index in [0.29, 0.717) is 11.2 Å². The summed E-state index contributed by atoms with van der Waals surface area (Å²) >= 11 is 5.41. The number of nitrogens with one attached hydrogen (secondary N) is 2. The van der Waals surface area contributed by atoms with Crippen LogP contribution in [0.4, 0.5) is 5.69 Å². The van der Waals surface area contributed by atoms with Gasteiger partial charge in [-0.25, -0.2) is 0 Å². The molecule has 0 aromatic heterocycles. The largest absolute Gasteiger partial charge is 0.490 e. The first-order valence-electron chi connectivity index (χ1n) is 10.2. The van der Waals surface area contributed by atoms with Gasteiger partial charge in [0.1, 0.15) is 5.75 Å². The lowest BCUT2D eigenvalue weighted by Crippen LogP contribution is -2.37. The van der Waals surface area contributed by atoms with Crippen molar-refractivity contribution >= 4 is 23.0 Å². The molecule has 0 spiro atoms. The molecule has 144 valence electrons. The summed E-state index contributed by atoms with van der Waals surface area (Å²) in [6.45, 7) is 6.93. The smallest absolute Gasteiger partial charge is 0.170 e. The van der Waals surface area contributed by atoms with Gasteiger partial charge in [-0.15, -0.1) is 0 Å². The van der Waals surface area contributed by atoms with Crippen molar-refractivity contribution in [1.29, 1.82) is 0 Å². The van der Waals surface area contributed by atoms with Gasteiger partial charge in [0.25, 0.3) is 0 Å². The maximum atomic E-state index is 6.00. The first-order chi connectivity index (χ1) is 12.7. The molecule has 1 aromatic rings. The lowest BCUT2D eigenvalue weighted by atomic mass is 10.0. The fourth-order valence-electron chi connectivity index (χ4n) is 3.99. The average molecular weight is 376 g/mol. The predicted molar refractivity (Wildman–Crippen MR) is 113 cm³/mol. The minimum absolute atomic E-state index is 0.402. The van der Waals surface area contributed by atoms with E-state index < -0.39 is 0 Å². The normalized spacial score (nSPS) is 21.5. The van der Waals surface area contributed by atoms with Crippen LogP contribution in [0.3, 0.4) is 0 Å². The first-order valence-corrected chi connectivity index (χ1v) is 10.6. The number of piperidine rings is 1. The van der Waals surface area contributed by atoms with Gasteiger partial charge in [-0.05, 0) is 100 Å². The molecule has 0 amide bonds. The van der Waals surface area contributed by atoms with E-state index in [-0.39, 0.29) is 0 Å². The topological polar surface area (TPSA) is 36.5 Å². The Labute approximate surface area is 163 Å². The Hall–Kier alpha value is -1.33. The molecule has 1 aliphatic heterocycles. The second kappa shape index (κ2) is 10.1. The molecular weight excluding hydrogens is 342 g/mol. The number of hydrogen-bond donors (Lipinski definition) is 2. The maximum Gasteiger partial charge on any atom is 0.170 e. The van der Waals surface area contributed by atoms with E-state index in [1.165, 1.54) is 51.6 Å². The summed E-state index contributed by atoms with van der Waals surface area (Å²) in [5.41, 5.74) is 1.01. The molecule has 26 heavy (non-hydrogen) atoms. The van der Waals surface area contributed by atoms with Gasteiger partial charge >= 0.3 is 0 Å². The molecule has 1 heterocycles. The van der Waals surface area contributed by atoms with E-state index in [9.17, 15) is 0 Å². The van der Waals surface area contributed by atoms with Crippen LogP contribution >= 0.6 is 12.2 Å². The Morgan fingerprint density at radius 3 is 2.65 bits per heavy atom. The molecule has 1 aromatic carbocycles. The standard InChI is InChI=1S/C21H33N3OS/c1-17-6-4-14-24(16-17)15-5-13-22-21(26)23-18-9-11-20(12-10-18)25-19-7-2-3-8-19/h9-12,17,19H,2-8,13-16H2,1H3,(H2,22,23,26)/t17-/m1/s1. The van der Waals surface area contributed by atoms with E-state index in [2.05, 4.69) is 22.5 Å². The third kappa shape index (κ3) is 6.44. The number of benzene rings is 1. The fourth-order valence-corrected chi connectivity index (χ4v) is 4.21. The zero-order chi connectivity index (χ0) is 18.2. The van der Waals surface area contributed by atoms with Crippen molar-refractivity contribution in [1.82, 2.24) is 10.2 Å². The van der Waals surface area contributed by atoms with Gasteiger partial charge in [0.2, 0.25) is 0 Å². The number of ether oxygens (including phenoxy) is 1. The minimum Gasteiger partial charge on any atom is -0.490 e. The Kier molecular flexibility index (Phi) is 7.56. The second-order valence-corrected chi connectivity index (χ2v) is 8.24. The number of likely N-dealkylation sites (tertiary alicyclic amines) is 1. The number of thiocarbonyl (C=S) groups is 1. The number of hydrogen-bond acceptors (Lipinski definition) is 3. The van der Waals surface area contributed by atoms with E-state index in [1.807, 2.05) is 24.3 Å². The molecule has 2 aliphatic rings. The quantitative estimate of drug-likeness (QED) is 0.545. The van der Waals surface area contributed by atoms with Crippen molar-refractivity contribution < 1.29 is 4.74 Å². The van der Waals surface area contributed by atoms with E-state index in [1.54, 1.807) is 0 Å². The lowest BCUT2D eigenvalue weighted by Gasteiger charge is -2.30.